The van der Waals surface area contributed by atoms with Gasteiger partial charge in [-0.15, -0.1) is 0 Å². The molecule has 0 aromatic heterocycles. The average Bonchev–Trinajstić information content (AvgIpc) is 3.32. The number of β-lactam (4-membered cyclic amide) rings is 1. The maximum atomic E-state index is 13.3. The number of carbonyl (C=O) groups excluding carboxylic acids is 4. The van der Waals surface area contributed by atoms with E-state index in [-0.39, 0.29) is 32.1 Å². The Balaban J connectivity index is 1.27. The lowest BCUT2D eigenvalue weighted by Crippen LogP contribution is -2.71. The van der Waals surface area contributed by atoms with Gasteiger partial charge in [-0.2, -0.15) is 0 Å². The van der Waals surface area contributed by atoms with Crippen molar-refractivity contribution in [3.05, 3.63) is 102 Å². The summed E-state index contributed by atoms with van der Waals surface area (Å²) in [5, 5.41) is 2.69. The molecule has 38 heavy (non-hydrogen) atoms. The molecule has 0 saturated carbocycles. The van der Waals surface area contributed by atoms with Crippen molar-refractivity contribution in [1.29, 1.82) is 0 Å². The summed E-state index contributed by atoms with van der Waals surface area (Å²) in [4.78, 5) is 54.8. The van der Waals surface area contributed by atoms with Crippen molar-refractivity contribution in [2.45, 2.75) is 31.3 Å². The molecule has 5 rings (SSSR count). The van der Waals surface area contributed by atoms with Gasteiger partial charge in [0.05, 0.1) is 12.5 Å². The van der Waals surface area contributed by atoms with Crippen LogP contribution in [0.2, 0.25) is 0 Å². The van der Waals surface area contributed by atoms with Gasteiger partial charge < -0.3 is 24.6 Å². The molecule has 0 spiro atoms. The van der Waals surface area contributed by atoms with Crippen LogP contribution in [-0.4, -0.2) is 64.9 Å². The number of esters is 1. The number of rotatable bonds is 9. The second kappa shape index (κ2) is 11.2. The number of amides is 3. The summed E-state index contributed by atoms with van der Waals surface area (Å²) in [6.45, 7) is -0.146. The Hall–Kier alpha value is -4.66. The van der Waals surface area contributed by atoms with Crippen LogP contribution >= 0.6 is 0 Å². The predicted octanol–water partition coefficient (Wildman–Crippen LogP) is 1.92. The van der Waals surface area contributed by atoms with E-state index in [9.17, 15) is 19.2 Å². The summed E-state index contributed by atoms with van der Waals surface area (Å²) in [6, 6.07) is 25.8. The standard InChI is InChI=1S/C29H27N3O6/c33-24(19-37-22-14-8-3-9-15-22)30-26-23-17-31(25(34)16-20-10-4-1-5-11-20)27(32(23)28(26)35)29(36)38-18-21-12-6-2-7-13-21/h1-15,23,26-27H,16-19H2,(H,30,33)/t23?,26-,27?/m1/s1. The fraction of sp³-hybridized carbons (Fsp3) is 0.241. The van der Waals surface area contributed by atoms with Gasteiger partial charge in [-0.05, 0) is 23.3 Å². The van der Waals surface area contributed by atoms with Gasteiger partial charge in [0, 0.05) is 6.54 Å². The first kappa shape index (κ1) is 25.0. The number of hydrogen-bond donors (Lipinski definition) is 1. The lowest BCUT2D eigenvalue weighted by Gasteiger charge is -2.43. The van der Waals surface area contributed by atoms with Gasteiger partial charge >= 0.3 is 5.97 Å². The maximum absolute atomic E-state index is 13.3. The molecular weight excluding hydrogens is 486 g/mol. The summed E-state index contributed by atoms with van der Waals surface area (Å²) < 4.78 is 11.0. The molecule has 3 aromatic carbocycles. The third-order valence-corrected chi connectivity index (χ3v) is 6.59. The van der Waals surface area contributed by atoms with Crippen molar-refractivity contribution in [2.75, 3.05) is 13.2 Å². The van der Waals surface area contributed by atoms with E-state index in [1.54, 1.807) is 24.3 Å². The quantitative estimate of drug-likeness (QED) is 0.346. The van der Waals surface area contributed by atoms with Gasteiger partial charge in [-0.1, -0.05) is 78.9 Å². The zero-order valence-electron chi connectivity index (χ0n) is 20.6. The van der Waals surface area contributed by atoms with Crippen LogP contribution in [0, 0.1) is 0 Å². The minimum atomic E-state index is -1.19. The van der Waals surface area contributed by atoms with E-state index < -0.39 is 36.0 Å². The molecule has 1 N–H and O–H groups in total. The molecule has 3 aromatic rings. The van der Waals surface area contributed by atoms with Gasteiger partial charge in [0.15, 0.2) is 6.61 Å². The molecule has 0 radical (unpaired) electrons. The predicted molar refractivity (Wildman–Crippen MR) is 136 cm³/mol. The first-order chi connectivity index (χ1) is 18.5. The number of carbonyl (C=O) groups is 4. The van der Waals surface area contributed by atoms with Crippen molar-refractivity contribution < 1.29 is 28.7 Å². The molecule has 0 bridgehead atoms. The second-order valence-electron chi connectivity index (χ2n) is 9.14. The SMILES string of the molecule is O=C(COc1ccccc1)N[C@H]1C(=O)N2C1CN(C(=O)Cc1ccccc1)C2C(=O)OCc1ccccc1. The molecule has 194 valence electrons. The summed E-state index contributed by atoms with van der Waals surface area (Å²) in [5.74, 6) is -1.38. The number of benzene rings is 3. The van der Waals surface area contributed by atoms with Gasteiger partial charge in [0.1, 0.15) is 18.4 Å². The summed E-state index contributed by atoms with van der Waals surface area (Å²) in [6.07, 6.45) is -1.12. The molecule has 2 heterocycles. The molecule has 3 amide bonds. The van der Waals surface area contributed by atoms with Crippen LogP contribution in [0.15, 0.2) is 91.0 Å². The zero-order chi connectivity index (χ0) is 26.5. The number of para-hydroxylation sites is 1. The van der Waals surface area contributed by atoms with E-state index in [1.807, 2.05) is 66.7 Å². The van der Waals surface area contributed by atoms with E-state index in [4.69, 9.17) is 9.47 Å². The minimum Gasteiger partial charge on any atom is -0.484 e. The summed E-state index contributed by atoms with van der Waals surface area (Å²) in [5.41, 5.74) is 1.58. The molecular formula is C29H27N3O6. The Morgan fingerprint density at radius 1 is 0.842 bits per heavy atom. The van der Waals surface area contributed by atoms with Gasteiger partial charge in [-0.3, -0.25) is 14.4 Å². The van der Waals surface area contributed by atoms with Crippen LogP contribution < -0.4 is 10.1 Å². The van der Waals surface area contributed by atoms with E-state index >= 15 is 0 Å². The minimum absolute atomic E-state index is 0.0145. The van der Waals surface area contributed by atoms with Crippen molar-refractivity contribution >= 4 is 23.7 Å². The number of nitrogens with zero attached hydrogens (tertiary/aromatic N) is 2. The number of ether oxygens (including phenoxy) is 2. The van der Waals surface area contributed by atoms with Crippen molar-refractivity contribution in [2.24, 2.45) is 0 Å². The summed E-state index contributed by atoms with van der Waals surface area (Å²) in [7, 11) is 0. The number of fused-ring (bicyclic) bond motifs is 1. The van der Waals surface area contributed by atoms with Crippen LogP contribution in [0.3, 0.4) is 0 Å². The fourth-order valence-corrected chi connectivity index (χ4v) is 4.71. The third-order valence-electron chi connectivity index (χ3n) is 6.59. The molecule has 2 aliphatic rings. The second-order valence-corrected chi connectivity index (χ2v) is 9.14. The lowest BCUT2D eigenvalue weighted by atomic mass is 9.96. The molecule has 2 saturated heterocycles. The molecule has 0 aliphatic carbocycles. The average molecular weight is 514 g/mol. The van der Waals surface area contributed by atoms with Crippen molar-refractivity contribution in [3.63, 3.8) is 0 Å². The topological polar surface area (TPSA) is 105 Å². The van der Waals surface area contributed by atoms with E-state index in [0.29, 0.717) is 5.75 Å². The van der Waals surface area contributed by atoms with Crippen molar-refractivity contribution in [1.82, 2.24) is 15.1 Å². The van der Waals surface area contributed by atoms with Crippen LogP contribution in [0.4, 0.5) is 0 Å². The smallest absolute Gasteiger partial charge is 0.350 e. The molecule has 9 nitrogen and oxygen atoms in total. The summed E-state index contributed by atoms with van der Waals surface area (Å²) >= 11 is 0. The first-order valence-electron chi connectivity index (χ1n) is 12.3. The highest BCUT2D eigenvalue weighted by molar-refractivity contribution is 5.99. The molecule has 9 heteroatoms. The van der Waals surface area contributed by atoms with E-state index in [0.717, 1.165) is 11.1 Å². The Bertz CT molecular complexity index is 1300. The van der Waals surface area contributed by atoms with Crippen LogP contribution in [0.25, 0.3) is 0 Å². The highest BCUT2D eigenvalue weighted by Gasteiger charge is 2.61. The Morgan fingerprint density at radius 3 is 2.11 bits per heavy atom. The highest BCUT2D eigenvalue weighted by Crippen LogP contribution is 2.34. The largest absolute Gasteiger partial charge is 0.484 e. The zero-order valence-corrected chi connectivity index (χ0v) is 20.6. The lowest BCUT2D eigenvalue weighted by molar-refractivity contribution is -0.170. The van der Waals surface area contributed by atoms with Crippen LogP contribution in [-0.2, 0) is 36.9 Å². The molecule has 2 unspecified atom stereocenters. The van der Waals surface area contributed by atoms with Gasteiger partial charge in [0.2, 0.25) is 18.0 Å². The maximum Gasteiger partial charge on any atom is 0.350 e. The Morgan fingerprint density at radius 2 is 1.45 bits per heavy atom. The fourth-order valence-electron chi connectivity index (χ4n) is 4.71. The van der Waals surface area contributed by atoms with Gasteiger partial charge in [0.25, 0.3) is 5.91 Å². The van der Waals surface area contributed by atoms with Crippen LogP contribution in [0.5, 0.6) is 5.75 Å². The highest BCUT2D eigenvalue weighted by atomic mass is 16.5. The molecule has 3 atom stereocenters. The van der Waals surface area contributed by atoms with Crippen molar-refractivity contribution in [3.8, 4) is 5.75 Å². The Labute approximate surface area is 219 Å². The number of nitrogens with one attached hydrogen (secondary N) is 1. The molecule has 2 fully saturated rings. The normalized spacial score (nSPS) is 19.8. The number of hydrogen-bond acceptors (Lipinski definition) is 6. The van der Waals surface area contributed by atoms with Gasteiger partial charge in [-0.25, -0.2) is 4.79 Å². The molecule has 2 aliphatic heterocycles. The van der Waals surface area contributed by atoms with Crippen LogP contribution in [0.1, 0.15) is 11.1 Å². The monoisotopic (exact) mass is 513 g/mol. The van der Waals surface area contributed by atoms with E-state index in [1.165, 1.54) is 9.80 Å². The Kier molecular flexibility index (Phi) is 7.35. The third kappa shape index (κ3) is 5.36. The first-order valence-corrected chi connectivity index (χ1v) is 12.3. The van der Waals surface area contributed by atoms with E-state index in [2.05, 4.69) is 5.32 Å².